The minimum Gasteiger partial charge on any atom is -0.481 e. The Balaban J connectivity index is 1.79. The molecule has 3 fully saturated rings. The maximum atomic E-state index is 12.1. The van der Waals surface area contributed by atoms with Gasteiger partial charge in [-0.25, -0.2) is 0 Å². The molecular weight excluding hydrogens is 264 g/mol. The third kappa shape index (κ3) is 2.74. The summed E-state index contributed by atoms with van der Waals surface area (Å²) >= 11 is 0. The van der Waals surface area contributed by atoms with Gasteiger partial charge in [-0.1, -0.05) is 26.7 Å². The third-order valence-electron chi connectivity index (χ3n) is 6.71. The molecule has 0 radical (unpaired) electrons. The van der Waals surface area contributed by atoms with Crippen molar-refractivity contribution < 1.29 is 14.6 Å². The largest absolute Gasteiger partial charge is 0.481 e. The standard InChI is InChI=1S/C18H30O3/c1-16(2)8-10-18(11-9-16,15(19)20)14-5-12-21-17(13-14)6-3-4-7-17/h14H,3-13H2,1-2H3,(H,19,20). The molecule has 1 heterocycles. The molecule has 2 saturated carbocycles. The van der Waals surface area contributed by atoms with E-state index in [-0.39, 0.29) is 5.60 Å². The summed E-state index contributed by atoms with van der Waals surface area (Å²) in [6.45, 7) is 5.32. The second kappa shape index (κ2) is 5.26. The van der Waals surface area contributed by atoms with E-state index in [0.717, 1.165) is 58.0 Å². The monoisotopic (exact) mass is 294 g/mol. The molecule has 0 aromatic carbocycles. The van der Waals surface area contributed by atoms with Crippen LogP contribution in [0.25, 0.3) is 0 Å². The molecular formula is C18H30O3. The Labute approximate surface area is 128 Å². The molecule has 0 aromatic heterocycles. The molecule has 1 N–H and O–H groups in total. The van der Waals surface area contributed by atoms with E-state index in [0.29, 0.717) is 11.3 Å². The van der Waals surface area contributed by atoms with Gasteiger partial charge in [0.2, 0.25) is 0 Å². The van der Waals surface area contributed by atoms with Gasteiger partial charge >= 0.3 is 5.97 Å². The minimum absolute atomic E-state index is 0.0261. The fraction of sp³-hybridized carbons (Fsp3) is 0.944. The summed E-state index contributed by atoms with van der Waals surface area (Å²) in [5.41, 5.74) is -0.137. The highest BCUT2D eigenvalue weighted by Crippen LogP contribution is 2.55. The number of hydrogen-bond donors (Lipinski definition) is 1. The maximum absolute atomic E-state index is 12.1. The zero-order chi connectivity index (χ0) is 15.1. The molecule has 1 aliphatic heterocycles. The molecule has 1 unspecified atom stereocenters. The van der Waals surface area contributed by atoms with Crippen molar-refractivity contribution in [3.8, 4) is 0 Å². The van der Waals surface area contributed by atoms with Crippen molar-refractivity contribution in [3.05, 3.63) is 0 Å². The van der Waals surface area contributed by atoms with Crippen molar-refractivity contribution in [2.45, 2.75) is 83.7 Å². The first kappa shape index (κ1) is 15.3. The Morgan fingerprint density at radius 2 is 1.67 bits per heavy atom. The Bertz CT molecular complexity index is 397. The average Bonchev–Trinajstić information content (AvgIpc) is 2.87. The van der Waals surface area contributed by atoms with Gasteiger partial charge in [0.25, 0.3) is 0 Å². The van der Waals surface area contributed by atoms with Crippen molar-refractivity contribution in [1.29, 1.82) is 0 Å². The van der Waals surface area contributed by atoms with E-state index in [1.165, 1.54) is 12.8 Å². The first-order valence-corrected chi connectivity index (χ1v) is 8.75. The van der Waals surface area contributed by atoms with E-state index in [9.17, 15) is 9.90 Å². The van der Waals surface area contributed by atoms with E-state index >= 15 is 0 Å². The summed E-state index contributed by atoms with van der Waals surface area (Å²) in [5.74, 6) is -0.226. The van der Waals surface area contributed by atoms with Crippen LogP contribution in [0.4, 0.5) is 0 Å². The number of hydrogen-bond acceptors (Lipinski definition) is 2. The predicted octanol–water partition coefficient (Wildman–Crippen LogP) is 4.40. The Hall–Kier alpha value is -0.570. The molecule has 2 aliphatic carbocycles. The molecule has 1 atom stereocenters. The molecule has 0 bridgehead atoms. The first-order chi connectivity index (χ1) is 9.88. The highest BCUT2D eigenvalue weighted by molar-refractivity contribution is 5.75. The normalized spacial score (nSPS) is 33.9. The number of carboxylic acids is 1. The van der Waals surface area contributed by atoms with Crippen LogP contribution >= 0.6 is 0 Å². The zero-order valence-electron chi connectivity index (χ0n) is 13.6. The average molecular weight is 294 g/mol. The summed E-state index contributed by atoms with van der Waals surface area (Å²) in [6.07, 6.45) is 10.5. The van der Waals surface area contributed by atoms with Crippen molar-refractivity contribution in [3.63, 3.8) is 0 Å². The lowest BCUT2D eigenvalue weighted by molar-refractivity contribution is -0.169. The van der Waals surface area contributed by atoms with Gasteiger partial charge in [-0.15, -0.1) is 0 Å². The van der Waals surface area contributed by atoms with Crippen LogP contribution in [0.1, 0.15) is 78.1 Å². The Morgan fingerprint density at radius 3 is 2.24 bits per heavy atom. The number of carboxylic acid groups (broad SMARTS) is 1. The van der Waals surface area contributed by atoms with Crippen LogP contribution in [0.5, 0.6) is 0 Å². The summed E-state index contributed by atoms with van der Waals surface area (Å²) in [4.78, 5) is 12.1. The Morgan fingerprint density at radius 1 is 1.05 bits per heavy atom. The highest BCUT2D eigenvalue weighted by Gasteiger charge is 2.53. The molecule has 0 aromatic rings. The van der Waals surface area contributed by atoms with Crippen molar-refractivity contribution in [1.82, 2.24) is 0 Å². The summed E-state index contributed by atoms with van der Waals surface area (Å²) < 4.78 is 6.12. The highest BCUT2D eigenvalue weighted by atomic mass is 16.5. The Kier molecular flexibility index (Phi) is 3.84. The van der Waals surface area contributed by atoms with Crippen molar-refractivity contribution in [2.75, 3.05) is 6.61 Å². The van der Waals surface area contributed by atoms with Gasteiger partial charge in [-0.2, -0.15) is 0 Å². The first-order valence-electron chi connectivity index (χ1n) is 8.75. The number of carbonyl (C=O) groups is 1. The van der Waals surface area contributed by atoms with Gasteiger partial charge in [0.15, 0.2) is 0 Å². The van der Waals surface area contributed by atoms with E-state index in [1.807, 2.05) is 0 Å². The van der Waals surface area contributed by atoms with Gasteiger partial charge in [0.05, 0.1) is 11.0 Å². The zero-order valence-corrected chi connectivity index (χ0v) is 13.6. The second-order valence-corrected chi connectivity index (χ2v) is 8.55. The topological polar surface area (TPSA) is 46.5 Å². The minimum atomic E-state index is -0.543. The summed E-state index contributed by atoms with van der Waals surface area (Å²) in [7, 11) is 0. The number of ether oxygens (including phenoxy) is 1. The van der Waals surface area contributed by atoms with E-state index in [4.69, 9.17) is 4.74 Å². The van der Waals surface area contributed by atoms with Crippen LogP contribution < -0.4 is 0 Å². The molecule has 1 spiro atoms. The summed E-state index contributed by atoms with van der Waals surface area (Å²) in [6, 6.07) is 0. The molecule has 3 heteroatoms. The van der Waals surface area contributed by atoms with Crippen molar-refractivity contribution in [2.24, 2.45) is 16.7 Å². The maximum Gasteiger partial charge on any atom is 0.309 e. The molecule has 3 nitrogen and oxygen atoms in total. The fourth-order valence-electron chi connectivity index (χ4n) is 5.04. The van der Waals surface area contributed by atoms with Gasteiger partial charge < -0.3 is 9.84 Å². The van der Waals surface area contributed by atoms with Crippen LogP contribution in [0, 0.1) is 16.7 Å². The lowest BCUT2D eigenvalue weighted by Crippen LogP contribution is -2.49. The lowest BCUT2D eigenvalue weighted by Gasteiger charge is -2.49. The smallest absolute Gasteiger partial charge is 0.309 e. The molecule has 3 rings (SSSR count). The SMILES string of the molecule is CC1(C)CCC(C(=O)O)(C2CCOC3(CCCC3)C2)CC1. The van der Waals surface area contributed by atoms with E-state index < -0.39 is 11.4 Å². The van der Waals surface area contributed by atoms with Crippen LogP contribution in [0.15, 0.2) is 0 Å². The van der Waals surface area contributed by atoms with Gasteiger partial charge in [-0.05, 0) is 62.7 Å². The molecule has 21 heavy (non-hydrogen) atoms. The predicted molar refractivity (Wildman–Crippen MR) is 82.2 cm³/mol. The lowest BCUT2D eigenvalue weighted by atomic mass is 9.57. The molecule has 1 saturated heterocycles. The van der Waals surface area contributed by atoms with Gasteiger partial charge in [0.1, 0.15) is 0 Å². The molecule has 3 aliphatic rings. The van der Waals surface area contributed by atoms with Crippen LogP contribution in [0.3, 0.4) is 0 Å². The van der Waals surface area contributed by atoms with Crippen LogP contribution in [-0.4, -0.2) is 23.3 Å². The van der Waals surface area contributed by atoms with Crippen molar-refractivity contribution >= 4 is 5.97 Å². The number of rotatable bonds is 2. The summed E-state index contributed by atoms with van der Waals surface area (Å²) in [5, 5.41) is 10.0. The van der Waals surface area contributed by atoms with Gasteiger partial charge in [-0.3, -0.25) is 4.79 Å². The van der Waals surface area contributed by atoms with Crippen LogP contribution in [-0.2, 0) is 9.53 Å². The third-order valence-corrected chi connectivity index (χ3v) is 6.71. The molecule has 120 valence electrons. The quantitative estimate of drug-likeness (QED) is 0.821. The van der Waals surface area contributed by atoms with E-state index in [2.05, 4.69) is 13.8 Å². The van der Waals surface area contributed by atoms with Crippen LogP contribution in [0.2, 0.25) is 0 Å². The van der Waals surface area contributed by atoms with Gasteiger partial charge in [0, 0.05) is 6.61 Å². The van der Waals surface area contributed by atoms with E-state index in [1.54, 1.807) is 0 Å². The second-order valence-electron chi connectivity index (χ2n) is 8.55. The fourth-order valence-corrected chi connectivity index (χ4v) is 5.04. The number of aliphatic carboxylic acids is 1. The molecule has 0 amide bonds.